The molecule has 0 aromatic heterocycles. The second-order valence-electron chi connectivity index (χ2n) is 17.8. The zero-order valence-electron chi connectivity index (χ0n) is 37.3. The van der Waals surface area contributed by atoms with Crippen molar-refractivity contribution in [2.75, 3.05) is 6.61 Å². The minimum atomic E-state index is -0.930. The Kier molecular flexibility index (Phi) is 46.2. The molecule has 0 aliphatic heterocycles. The molecule has 4 N–H and O–H groups in total. The van der Waals surface area contributed by atoms with Gasteiger partial charge in [-0.1, -0.05) is 290 Å². The van der Waals surface area contributed by atoms with E-state index < -0.39 is 5.85 Å². The van der Waals surface area contributed by atoms with E-state index in [1.807, 2.05) is 0 Å². The Balaban J connectivity index is 3.23. The van der Waals surface area contributed by atoms with Crippen LogP contribution in [-0.4, -0.2) is 12.5 Å². The predicted octanol–water partition coefficient (Wildman–Crippen LogP) is 17.6. The quantitative estimate of drug-likeness (QED) is 0.0481. The van der Waals surface area contributed by atoms with Gasteiger partial charge < -0.3 is 4.74 Å². The molecule has 0 aromatic rings. The Morgan fingerprint density at radius 1 is 0.245 bits per heavy atom. The van der Waals surface area contributed by atoms with Gasteiger partial charge in [0.2, 0.25) is 0 Å². The number of nitrogens with two attached hydrogens (primary N) is 2. The van der Waals surface area contributed by atoms with Crippen LogP contribution >= 0.6 is 0 Å². The topological polar surface area (TPSA) is 61.3 Å². The zero-order chi connectivity index (χ0) is 38.4. The molecule has 0 atom stereocenters. The van der Waals surface area contributed by atoms with Gasteiger partial charge in [0.05, 0.1) is 6.61 Å². The highest BCUT2D eigenvalue weighted by molar-refractivity contribution is 4.65. The number of ether oxygens (including phenoxy) is 1. The van der Waals surface area contributed by atoms with E-state index in [0.717, 1.165) is 19.3 Å². The van der Waals surface area contributed by atoms with Crippen LogP contribution in [0.2, 0.25) is 0 Å². The summed E-state index contributed by atoms with van der Waals surface area (Å²) in [6.45, 7) is 5.32. The van der Waals surface area contributed by atoms with Gasteiger partial charge in [0.25, 0.3) is 0 Å². The molecule has 0 bridgehead atoms. The van der Waals surface area contributed by atoms with Crippen molar-refractivity contribution < 1.29 is 4.74 Å². The molecule has 0 radical (unpaired) electrons. The van der Waals surface area contributed by atoms with Crippen molar-refractivity contribution in [2.45, 2.75) is 315 Å². The summed E-state index contributed by atoms with van der Waals surface area (Å²) in [4.78, 5) is 0. The van der Waals surface area contributed by atoms with Crippen LogP contribution in [0.4, 0.5) is 0 Å². The molecule has 0 aliphatic carbocycles. The van der Waals surface area contributed by atoms with Gasteiger partial charge in [0, 0.05) is 6.42 Å². The van der Waals surface area contributed by atoms with Crippen molar-refractivity contribution in [3.05, 3.63) is 0 Å². The first kappa shape index (κ1) is 52.9. The summed E-state index contributed by atoms with van der Waals surface area (Å²) in [7, 11) is 0. The monoisotopic (exact) mass is 749 g/mol. The average molecular weight is 749 g/mol. The van der Waals surface area contributed by atoms with Crippen LogP contribution in [0.25, 0.3) is 0 Å². The molecule has 0 heterocycles. The Morgan fingerprint density at radius 2 is 0.415 bits per heavy atom. The summed E-state index contributed by atoms with van der Waals surface area (Å²) in [6.07, 6.45) is 64.5. The average Bonchev–Trinajstić information content (AvgIpc) is 3.15. The number of hydrogen-bond donors (Lipinski definition) is 2. The second-order valence-corrected chi connectivity index (χ2v) is 17.8. The van der Waals surface area contributed by atoms with Crippen LogP contribution in [0.5, 0.6) is 0 Å². The van der Waals surface area contributed by atoms with Crippen molar-refractivity contribution in [1.29, 1.82) is 0 Å². The zero-order valence-corrected chi connectivity index (χ0v) is 37.3. The van der Waals surface area contributed by atoms with Crippen LogP contribution in [0.3, 0.4) is 0 Å². The minimum absolute atomic E-state index is 0.714. The van der Waals surface area contributed by atoms with Gasteiger partial charge in [0.1, 0.15) is 0 Å². The molecule has 0 rings (SSSR count). The first-order valence-electron chi connectivity index (χ1n) is 25.3. The van der Waals surface area contributed by atoms with Gasteiger partial charge in [-0.3, -0.25) is 11.5 Å². The van der Waals surface area contributed by atoms with E-state index in [1.54, 1.807) is 0 Å². The van der Waals surface area contributed by atoms with Gasteiger partial charge in [0.15, 0.2) is 5.85 Å². The lowest BCUT2D eigenvalue weighted by molar-refractivity contribution is -0.0458. The number of rotatable bonds is 48. The third kappa shape index (κ3) is 48.0. The molecule has 3 nitrogen and oxygen atoms in total. The number of unbranched alkanes of at least 4 members (excludes halogenated alkanes) is 43. The van der Waals surface area contributed by atoms with Gasteiger partial charge >= 0.3 is 0 Å². The van der Waals surface area contributed by atoms with E-state index in [4.69, 9.17) is 16.2 Å². The molecular formula is C50H104N2O. The van der Waals surface area contributed by atoms with E-state index >= 15 is 0 Å². The van der Waals surface area contributed by atoms with Crippen LogP contribution in [0, 0.1) is 0 Å². The standard InChI is InChI=1S/C50H104N2O/c1-3-5-7-9-11-13-15-17-19-21-23-25-27-29-31-33-35-37-39-41-43-45-47-49-53-50(51,52)48-46-44-42-40-38-36-34-32-30-28-26-24-22-20-18-16-14-12-10-8-6-4-2/h3-49,51-52H2,1-2H3. The molecule has 0 spiro atoms. The van der Waals surface area contributed by atoms with Crippen molar-refractivity contribution in [2.24, 2.45) is 11.5 Å². The summed E-state index contributed by atoms with van der Waals surface area (Å²) in [5.41, 5.74) is 12.5. The second kappa shape index (κ2) is 46.3. The van der Waals surface area contributed by atoms with Crippen LogP contribution in [-0.2, 0) is 4.74 Å². The first-order valence-corrected chi connectivity index (χ1v) is 25.3. The molecule has 53 heavy (non-hydrogen) atoms. The van der Waals surface area contributed by atoms with Gasteiger partial charge in [-0.2, -0.15) is 0 Å². The highest BCUT2D eigenvalue weighted by atomic mass is 16.5. The number of hydrogen-bond acceptors (Lipinski definition) is 3. The molecule has 0 aromatic carbocycles. The molecule has 3 heteroatoms. The Bertz CT molecular complexity index is 637. The fraction of sp³-hybridized carbons (Fsp3) is 1.00. The Hall–Kier alpha value is -0.120. The van der Waals surface area contributed by atoms with Crippen molar-refractivity contribution >= 4 is 0 Å². The predicted molar refractivity (Wildman–Crippen MR) is 241 cm³/mol. The summed E-state index contributed by atoms with van der Waals surface area (Å²) in [5, 5.41) is 0. The molecule has 0 amide bonds. The summed E-state index contributed by atoms with van der Waals surface area (Å²) in [5.74, 6) is -0.930. The molecule has 0 saturated carbocycles. The van der Waals surface area contributed by atoms with E-state index in [9.17, 15) is 0 Å². The van der Waals surface area contributed by atoms with E-state index in [1.165, 1.54) is 276 Å². The van der Waals surface area contributed by atoms with Gasteiger partial charge in [-0.05, 0) is 12.8 Å². The fourth-order valence-electron chi connectivity index (χ4n) is 8.23. The summed E-state index contributed by atoms with van der Waals surface area (Å²) in [6, 6.07) is 0. The lowest BCUT2D eigenvalue weighted by Gasteiger charge is -2.25. The van der Waals surface area contributed by atoms with E-state index in [2.05, 4.69) is 13.8 Å². The van der Waals surface area contributed by atoms with Crippen LogP contribution in [0.1, 0.15) is 309 Å². The first-order chi connectivity index (χ1) is 26.1. The van der Waals surface area contributed by atoms with Gasteiger partial charge in [-0.15, -0.1) is 0 Å². The van der Waals surface area contributed by atoms with Crippen molar-refractivity contribution in [3.63, 3.8) is 0 Å². The highest BCUT2D eigenvalue weighted by Crippen LogP contribution is 2.18. The lowest BCUT2D eigenvalue weighted by Crippen LogP contribution is -2.52. The normalized spacial score (nSPS) is 12.0. The van der Waals surface area contributed by atoms with Crippen molar-refractivity contribution in [1.82, 2.24) is 0 Å². The third-order valence-electron chi connectivity index (χ3n) is 12.0. The highest BCUT2D eigenvalue weighted by Gasteiger charge is 2.18. The third-order valence-corrected chi connectivity index (χ3v) is 12.0. The summed E-state index contributed by atoms with van der Waals surface area (Å²) < 4.78 is 5.88. The molecule has 0 aliphatic rings. The maximum Gasteiger partial charge on any atom is 0.169 e. The van der Waals surface area contributed by atoms with Gasteiger partial charge in [-0.25, -0.2) is 0 Å². The minimum Gasteiger partial charge on any atom is -0.348 e. The maximum absolute atomic E-state index is 6.26. The van der Waals surface area contributed by atoms with Crippen LogP contribution in [0.15, 0.2) is 0 Å². The molecule has 0 fully saturated rings. The molecule has 0 unspecified atom stereocenters. The fourth-order valence-corrected chi connectivity index (χ4v) is 8.23. The SMILES string of the molecule is CCCCCCCCCCCCCCCCCCCCCCCCCOC(N)(N)CCCCCCCCCCCCCCCCCCCCCCCC. The Morgan fingerprint density at radius 3 is 0.623 bits per heavy atom. The summed E-state index contributed by atoms with van der Waals surface area (Å²) >= 11 is 0. The van der Waals surface area contributed by atoms with Crippen LogP contribution < -0.4 is 11.5 Å². The smallest absolute Gasteiger partial charge is 0.169 e. The molecule has 0 saturated heterocycles. The van der Waals surface area contributed by atoms with E-state index in [-0.39, 0.29) is 0 Å². The van der Waals surface area contributed by atoms with E-state index in [0.29, 0.717) is 6.61 Å². The van der Waals surface area contributed by atoms with Crippen molar-refractivity contribution in [3.8, 4) is 0 Å². The lowest BCUT2D eigenvalue weighted by atomic mass is 10.0. The Labute approximate surface area is 336 Å². The molecular weight excluding hydrogens is 645 g/mol. The largest absolute Gasteiger partial charge is 0.348 e. The maximum atomic E-state index is 6.26. The molecule has 320 valence electrons.